The molecule has 0 saturated carbocycles. The average molecular weight is 426 g/mol. The number of carbonyl (C=O) groups excluding carboxylic acids is 1. The number of nitrogens with one attached hydrogen (secondary N) is 1. The summed E-state index contributed by atoms with van der Waals surface area (Å²) in [6.45, 7) is 1.00. The average Bonchev–Trinajstić information content (AvgIpc) is 3.23. The summed E-state index contributed by atoms with van der Waals surface area (Å²) in [5.41, 5.74) is -0.643. The Kier molecular flexibility index (Phi) is 4.87. The summed E-state index contributed by atoms with van der Waals surface area (Å²) in [6, 6.07) is 3.58. The van der Waals surface area contributed by atoms with Gasteiger partial charge in [0.1, 0.15) is 18.0 Å². The Labute approximate surface area is 165 Å². The maximum absolute atomic E-state index is 15.2. The van der Waals surface area contributed by atoms with E-state index in [9.17, 15) is 23.4 Å². The second kappa shape index (κ2) is 7.23. The lowest BCUT2D eigenvalue weighted by Gasteiger charge is -2.19. The van der Waals surface area contributed by atoms with Crippen LogP contribution in [0, 0.1) is 11.7 Å². The normalized spacial score (nSPS) is 20.9. The van der Waals surface area contributed by atoms with E-state index in [0.29, 0.717) is 36.5 Å². The van der Waals surface area contributed by atoms with Gasteiger partial charge in [-0.3, -0.25) is 4.79 Å². The summed E-state index contributed by atoms with van der Waals surface area (Å²) in [4.78, 5) is 11.5. The summed E-state index contributed by atoms with van der Waals surface area (Å²) in [5.74, 6) is -2.40. The lowest BCUT2D eigenvalue weighted by atomic mass is 10.1. The zero-order chi connectivity index (χ0) is 20.8. The lowest BCUT2D eigenvalue weighted by Crippen LogP contribution is -2.30. The van der Waals surface area contributed by atoms with E-state index in [2.05, 4.69) is 0 Å². The van der Waals surface area contributed by atoms with Gasteiger partial charge in [0, 0.05) is 18.6 Å². The Hall–Kier alpha value is -2.79. The molecule has 11 heteroatoms. The molecule has 0 spiro atoms. The quantitative estimate of drug-likeness (QED) is 0.659. The molecule has 3 N–H and O–H groups in total. The fourth-order valence-corrected chi connectivity index (χ4v) is 4.66. The second-order valence-electron chi connectivity index (χ2n) is 7.00. The van der Waals surface area contributed by atoms with Crippen LogP contribution in [0.2, 0.25) is 0 Å². The molecule has 4 rings (SSSR count). The first-order valence-electron chi connectivity index (χ1n) is 8.98. The van der Waals surface area contributed by atoms with E-state index in [1.807, 2.05) is 0 Å². The number of anilines is 1. The van der Waals surface area contributed by atoms with Gasteiger partial charge in [0.25, 0.3) is 5.91 Å². The first-order valence-corrected chi connectivity index (χ1v) is 10.4. The number of aromatic hydroxyl groups is 2. The van der Waals surface area contributed by atoms with Crippen LogP contribution in [-0.4, -0.2) is 50.9 Å². The van der Waals surface area contributed by atoms with Crippen LogP contribution < -0.4 is 13.8 Å². The van der Waals surface area contributed by atoms with E-state index < -0.39 is 39.9 Å². The van der Waals surface area contributed by atoms with Crippen molar-refractivity contribution in [1.82, 2.24) is 4.72 Å². The Morgan fingerprint density at radius 1 is 1.28 bits per heavy atom. The van der Waals surface area contributed by atoms with Crippen LogP contribution in [0.5, 0.6) is 17.2 Å². The van der Waals surface area contributed by atoms with Crippen LogP contribution in [0.3, 0.4) is 0 Å². The first kappa shape index (κ1) is 19.5. The van der Waals surface area contributed by atoms with Crippen molar-refractivity contribution in [3.05, 3.63) is 24.0 Å². The Morgan fingerprint density at radius 3 is 2.69 bits per heavy atom. The molecule has 9 nitrogen and oxygen atoms in total. The molecule has 2 heterocycles. The van der Waals surface area contributed by atoms with E-state index in [-0.39, 0.29) is 22.3 Å². The molecule has 2 saturated heterocycles. The molecule has 0 aromatic heterocycles. The molecule has 1 amide bonds. The molecule has 2 aliphatic rings. The van der Waals surface area contributed by atoms with Gasteiger partial charge < -0.3 is 19.7 Å². The number of hydrogen-bond donors (Lipinski definition) is 3. The largest absolute Gasteiger partial charge is 0.506 e. The van der Waals surface area contributed by atoms with Crippen LogP contribution in [0.4, 0.5) is 10.1 Å². The van der Waals surface area contributed by atoms with Crippen LogP contribution in [0.25, 0.3) is 10.8 Å². The van der Waals surface area contributed by atoms with E-state index in [1.54, 1.807) is 4.72 Å². The maximum Gasteiger partial charge on any atom is 0.326 e. The number of amides is 1. The van der Waals surface area contributed by atoms with Gasteiger partial charge in [-0.25, -0.2) is 13.4 Å². The van der Waals surface area contributed by atoms with Crippen LogP contribution in [0.15, 0.2) is 18.2 Å². The molecule has 2 fully saturated rings. The van der Waals surface area contributed by atoms with Gasteiger partial charge in [0.15, 0.2) is 17.3 Å². The van der Waals surface area contributed by atoms with E-state index in [1.165, 1.54) is 12.1 Å². The van der Waals surface area contributed by atoms with Gasteiger partial charge in [-0.15, -0.1) is 0 Å². The molecule has 29 heavy (non-hydrogen) atoms. The van der Waals surface area contributed by atoms with Crippen molar-refractivity contribution in [3.63, 3.8) is 0 Å². The number of nitrogens with zero attached hydrogens (tertiary/aromatic N) is 1. The van der Waals surface area contributed by atoms with Gasteiger partial charge in [-0.05, 0) is 42.3 Å². The maximum atomic E-state index is 15.2. The fourth-order valence-electron chi connectivity index (χ4n) is 3.49. The minimum absolute atomic E-state index is 0.0328. The van der Waals surface area contributed by atoms with Crippen molar-refractivity contribution in [2.45, 2.75) is 12.8 Å². The smallest absolute Gasteiger partial charge is 0.326 e. The lowest BCUT2D eigenvalue weighted by molar-refractivity contribution is -0.117. The highest BCUT2D eigenvalue weighted by atomic mass is 32.2. The molecule has 0 radical (unpaired) electrons. The number of benzene rings is 2. The van der Waals surface area contributed by atoms with Crippen molar-refractivity contribution >= 4 is 32.6 Å². The SMILES string of the molecule is O=C1CN(c2c(O)cc3cc(O)c(OCCC4CCOC4)cc3c2F)S(=O)(=O)N1. The third-order valence-electron chi connectivity index (χ3n) is 4.99. The van der Waals surface area contributed by atoms with E-state index in [0.717, 1.165) is 12.5 Å². The first-order chi connectivity index (χ1) is 13.8. The Morgan fingerprint density at radius 2 is 2.03 bits per heavy atom. The number of hydrogen-bond acceptors (Lipinski definition) is 7. The third-order valence-corrected chi connectivity index (χ3v) is 6.37. The zero-order valence-corrected chi connectivity index (χ0v) is 16.0. The Bertz CT molecular complexity index is 1080. The number of ether oxygens (including phenoxy) is 2. The minimum Gasteiger partial charge on any atom is -0.506 e. The molecule has 2 aromatic rings. The summed E-state index contributed by atoms with van der Waals surface area (Å²) in [5, 5.41) is 20.4. The monoisotopic (exact) mass is 426 g/mol. The highest BCUT2D eigenvalue weighted by Gasteiger charge is 2.38. The van der Waals surface area contributed by atoms with Crippen molar-refractivity contribution in [1.29, 1.82) is 0 Å². The van der Waals surface area contributed by atoms with Gasteiger partial charge >= 0.3 is 10.2 Å². The van der Waals surface area contributed by atoms with Gasteiger partial charge in [0.05, 0.1) is 6.61 Å². The van der Waals surface area contributed by atoms with Crippen LogP contribution >= 0.6 is 0 Å². The summed E-state index contributed by atoms with van der Waals surface area (Å²) in [7, 11) is -4.30. The van der Waals surface area contributed by atoms with E-state index in [4.69, 9.17) is 9.47 Å². The number of phenolic OH excluding ortho intramolecular Hbond substituents is 2. The minimum atomic E-state index is -4.30. The highest BCUT2D eigenvalue weighted by molar-refractivity contribution is 7.92. The molecule has 0 aliphatic carbocycles. The predicted octanol–water partition coefficient (Wildman–Crippen LogP) is 1.38. The van der Waals surface area contributed by atoms with Crippen LogP contribution in [0.1, 0.15) is 12.8 Å². The van der Waals surface area contributed by atoms with Crippen molar-refractivity contribution in [3.8, 4) is 17.2 Å². The molecule has 1 unspecified atom stereocenters. The molecule has 1 atom stereocenters. The number of rotatable bonds is 5. The van der Waals surface area contributed by atoms with Crippen molar-refractivity contribution in [2.75, 3.05) is 30.7 Å². The number of phenols is 2. The molecule has 156 valence electrons. The second-order valence-corrected chi connectivity index (χ2v) is 8.60. The third kappa shape index (κ3) is 3.62. The van der Waals surface area contributed by atoms with Gasteiger partial charge in [-0.2, -0.15) is 8.42 Å². The summed E-state index contributed by atoms with van der Waals surface area (Å²) < 4.78 is 52.3. The van der Waals surface area contributed by atoms with Gasteiger partial charge in [0.2, 0.25) is 0 Å². The molecular formula is C18H19FN2O7S. The molecule has 0 bridgehead atoms. The molecule has 2 aromatic carbocycles. The fraction of sp³-hybridized carbons (Fsp3) is 0.389. The van der Waals surface area contributed by atoms with Crippen LogP contribution in [-0.2, 0) is 19.7 Å². The molecule has 2 aliphatic heterocycles. The Balaban J connectivity index is 1.68. The topological polar surface area (TPSA) is 125 Å². The standard InChI is InChI=1S/C18H19FN2O7S/c19-17-12-7-15(28-4-2-10-1-3-27-9-10)13(22)5-11(12)6-14(23)18(17)21-8-16(24)20-29(21,25)26/h5-7,10,22-23H,1-4,8-9H2,(H,20,24). The highest BCUT2D eigenvalue weighted by Crippen LogP contribution is 2.41. The number of halogens is 1. The van der Waals surface area contributed by atoms with E-state index >= 15 is 4.39 Å². The summed E-state index contributed by atoms with van der Waals surface area (Å²) >= 11 is 0. The summed E-state index contributed by atoms with van der Waals surface area (Å²) in [6.07, 6.45) is 1.64. The van der Waals surface area contributed by atoms with Gasteiger partial charge in [-0.1, -0.05) is 0 Å². The van der Waals surface area contributed by atoms with Crippen molar-refractivity contribution in [2.24, 2.45) is 5.92 Å². The number of fused-ring (bicyclic) bond motifs is 1. The zero-order valence-electron chi connectivity index (χ0n) is 15.2. The van der Waals surface area contributed by atoms with Crippen molar-refractivity contribution < 1.29 is 37.3 Å². The molecular weight excluding hydrogens is 407 g/mol. The predicted molar refractivity (Wildman–Crippen MR) is 101 cm³/mol. The number of carbonyl (C=O) groups is 1.